The van der Waals surface area contributed by atoms with Crippen LogP contribution >= 0.6 is 0 Å². The minimum absolute atomic E-state index is 0.389. The van der Waals surface area contributed by atoms with Crippen LogP contribution in [0, 0.1) is 5.92 Å². The average molecular weight is 142 g/mol. The first-order valence-electron chi connectivity index (χ1n) is 3.61. The van der Waals surface area contributed by atoms with Crippen LogP contribution in [0.3, 0.4) is 0 Å². The molecule has 0 aromatic rings. The van der Waals surface area contributed by atoms with Gasteiger partial charge >= 0.3 is 0 Å². The molecule has 0 spiro atoms. The first-order valence-corrected chi connectivity index (χ1v) is 3.61. The molecule has 4 N–H and O–H groups in total. The van der Waals surface area contributed by atoms with Gasteiger partial charge in [-0.3, -0.25) is 4.79 Å². The number of hydrogen-bond acceptors (Lipinski definition) is 2. The molecule has 0 aromatic heterocycles. The van der Waals surface area contributed by atoms with Crippen LogP contribution in [0.25, 0.3) is 0 Å². The number of primary amides is 1. The molecule has 1 atom stereocenters. The topological polar surface area (TPSA) is 69.1 Å². The van der Waals surface area contributed by atoms with E-state index in [0.717, 1.165) is 6.42 Å². The van der Waals surface area contributed by atoms with Gasteiger partial charge in [0.15, 0.2) is 0 Å². The molecule has 10 heavy (non-hydrogen) atoms. The van der Waals surface area contributed by atoms with E-state index in [1.807, 2.05) is 0 Å². The normalized spacial score (nSPS) is 23.8. The smallest absolute Gasteiger partial charge is 0.237 e. The molecule has 3 heteroatoms. The highest BCUT2D eigenvalue weighted by Crippen LogP contribution is 2.35. The van der Waals surface area contributed by atoms with Crippen LogP contribution in [0.2, 0.25) is 0 Å². The molecule has 3 nitrogen and oxygen atoms in total. The van der Waals surface area contributed by atoms with Crippen molar-refractivity contribution in [2.45, 2.75) is 31.7 Å². The van der Waals surface area contributed by atoms with Gasteiger partial charge in [-0.2, -0.15) is 0 Å². The second-order valence-corrected chi connectivity index (χ2v) is 3.43. The van der Waals surface area contributed by atoms with Crippen molar-refractivity contribution in [3.8, 4) is 0 Å². The quantitative estimate of drug-likeness (QED) is 0.582. The molecule has 0 aliphatic heterocycles. The molecule has 1 aliphatic carbocycles. The number of rotatable bonds is 3. The monoisotopic (exact) mass is 142 g/mol. The van der Waals surface area contributed by atoms with Crippen molar-refractivity contribution < 1.29 is 4.79 Å². The predicted octanol–water partition coefficient (Wildman–Crippen LogP) is -0.0108. The Morgan fingerprint density at radius 3 is 2.50 bits per heavy atom. The first-order chi connectivity index (χ1) is 4.52. The van der Waals surface area contributed by atoms with E-state index in [9.17, 15) is 4.79 Å². The van der Waals surface area contributed by atoms with E-state index in [-0.39, 0.29) is 5.91 Å². The van der Waals surface area contributed by atoms with Crippen molar-refractivity contribution in [2.75, 3.05) is 0 Å². The molecular formula is C7H14N2O. The van der Waals surface area contributed by atoms with Gasteiger partial charge in [0.2, 0.25) is 5.91 Å². The highest BCUT2D eigenvalue weighted by Gasteiger charge is 2.34. The zero-order chi connectivity index (χ0) is 7.78. The van der Waals surface area contributed by atoms with Crippen LogP contribution in [0.15, 0.2) is 0 Å². The van der Waals surface area contributed by atoms with Gasteiger partial charge in [0.1, 0.15) is 0 Å². The number of nitrogens with two attached hydrogens (primary N) is 2. The third-order valence-electron chi connectivity index (χ3n) is 1.97. The molecular weight excluding hydrogens is 128 g/mol. The third kappa shape index (κ3) is 1.70. The SMILES string of the molecule is C[C@@](N)(CC1CC1)C(N)=O. The molecule has 0 heterocycles. The Balaban J connectivity index is 2.40. The summed E-state index contributed by atoms with van der Waals surface area (Å²) in [6.07, 6.45) is 3.17. The van der Waals surface area contributed by atoms with Crippen molar-refractivity contribution in [1.29, 1.82) is 0 Å². The molecule has 0 saturated heterocycles. The Kier molecular flexibility index (Phi) is 1.68. The maximum absolute atomic E-state index is 10.7. The first kappa shape index (κ1) is 7.54. The van der Waals surface area contributed by atoms with E-state index in [2.05, 4.69) is 0 Å². The standard InChI is InChI=1S/C7H14N2O/c1-7(9,6(8)10)4-5-2-3-5/h5H,2-4,9H2,1H3,(H2,8,10)/t7-/m1/s1. The fourth-order valence-electron chi connectivity index (χ4n) is 1.02. The largest absolute Gasteiger partial charge is 0.368 e. The summed E-state index contributed by atoms with van der Waals surface area (Å²) < 4.78 is 0. The Hall–Kier alpha value is -0.570. The number of hydrogen-bond donors (Lipinski definition) is 2. The van der Waals surface area contributed by atoms with E-state index in [1.165, 1.54) is 12.8 Å². The predicted molar refractivity (Wildman–Crippen MR) is 39.1 cm³/mol. The summed E-state index contributed by atoms with van der Waals surface area (Å²) in [5.41, 5.74) is 9.93. The van der Waals surface area contributed by atoms with Crippen molar-refractivity contribution in [3.05, 3.63) is 0 Å². The molecule has 0 radical (unpaired) electrons. The maximum atomic E-state index is 10.7. The lowest BCUT2D eigenvalue weighted by molar-refractivity contribution is -0.122. The summed E-state index contributed by atoms with van der Waals surface area (Å²) in [4.78, 5) is 10.7. The minimum Gasteiger partial charge on any atom is -0.368 e. The molecule has 0 bridgehead atoms. The van der Waals surface area contributed by atoms with Gasteiger partial charge in [-0.1, -0.05) is 12.8 Å². The summed E-state index contributed by atoms with van der Waals surface area (Å²) in [7, 11) is 0. The van der Waals surface area contributed by atoms with E-state index >= 15 is 0 Å². The van der Waals surface area contributed by atoms with Gasteiger partial charge in [-0.05, 0) is 19.3 Å². The molecule has 1 saturated carbocycles. The lowest BCUT2D eigenvalue weighted by Gasteiger charge is -2.19. The zero-order valence-electron chi connectivity index (χ0n) is 6.26. The summed E-state index contributed by atoms with van der Waals surface area (Å²) in [5, 5.41) is 0. The summed E-state index contributed by atoms with van der Waals surface area (Å²) in [6.45, 7) is 1.70. The summed E-state index contributed by atoms with van der Waals surface area (Å²) in [5.74, 6) is 0.266. The Morgan fingerprint density at radius 1 is 1.70 bits per heavy atom. The molecule has 58 valence electrons. The lowest BCUT2D eigenvalue weighted by atomic mass is 9.96. The van der Waals surface area contributed by atoms with Crippen LogP contribution in [-0.2, 0) is 4.79 Å². The van der Waals surface area contributed by atoms with Crippen molar-refractivity contribution in [3.63, 3.8) is 0 Å². The van der Waals surface area contributed by atoms with E-state index in [4.69, 9.17) is 11.5 Å². The number of carbonyl (C=O) groups is 1. The Bertz CT molecular complexity index is 150. The fraction of sp³-hybridized carbons (Fsp3) is 0.857. The van der Waals surface area contributed by atoms with Crippen LogP contribution in [0.4, 0.5) is 0 Å². The van der Waals surface area contributed by atoms with Crippen molar-refractivity contribution in [1.82, 2.24) is 0 Å². The molecule has 1 aliphatic rings. The Labute approximate surface area is 60.8 Å². The van der Waals surface area contributed by atoms with Crippen LogP contribution in [-0.4, -0.2) is 11.4 Å². The van der Waals surface area contributed by atoms with E-state index in [0.29, 0.717) is 5.92 Å². The van der Waals surface area contributed by atoms with Gasteiger partial charge in [0.05, 0.1) is 5.54 Å². The van der Waals surface area contributed by atoms with E-state index < -0.39 is 5.54 Å². The molecule has 0 aromatic carbocycles. The Morgan fingerprint density at radius 2 is 2.20 bits per heavy atom. The van der Waals surface area contributed by atoms with Crippen LogP contribution < -0.4 is 11.5 Å². The number of amides is 1. The highest BCUT2D eigenvalue weighted by molar-refractivity contribution is 5.83. The van der Waals surface area contributed by atoms with Gasteiger partial charge in [0, 0.05) is 0 Å². The van der Waals surface area contributed by atoms with Crippen molar-refractivity contribution >= 4 is 5.91 Å². The second kappa shape index (κ2) is 2.23. The molecule has 1 fully saturated rings. The summed E-state index contributed by atoms with van der Waals surface area (Å²) in [6, 6.07) is 0. The van der Waals surface area contributed by atoms with E-state index in [1.54, 1.807) is 6.92 Å². The van der Waals surface area contributed by atoms with Crippen LogP contribution in [0.1, 0.15) is 26.2 Å². The molecule has 1 amide bonds. The van der Waals surface area contributed by atoms with Gasteiger partial charge in [-0.15, -0.1) is 0 Å². The fourth-order valence-corrected chi connectivity index (χ4v) is 1.02. The zero-order valence-corrected chi connectivity index (χ0v) is 6.26. The highest BCUT2D eigenvalue weighted by atomic mass is 16.1. The maximum Gasteiger partial charge on any atom is 0.237 e. The van der Waals surface area contributed by atoms with Gasteiger partial charge in [0.25, 0.3) is 0 Å². The van der Waals surface area contributed by atoms with Crippen molar-refractivity contribution in [2.24, 2.45) is 17.4 Å². The number of carbonyl (C=O) groups excluding carboxylic acids is 1. The minimum atomic E-state index is -0.777. The van der Waals surface area contributed by atoms with Crippen LogP contribution in [0.5, 0.6) is 0 Å². The van der Waals surface area contributed by atoms with Gasteiger partial charge < -0.3 is 11.5 Å². The van der Waals surface area contributed by atoms with Gasteiger partial charge in [-0.25, -0.2) is 0 Å². The second-order valence-electron chi connectivity index (χ2n) is 3.43. The molecule has 1 rings (SSSR count). The average Bonchev–Trinajstić information content (AvgIpc) is 2.48. The summed E-state index contributed by atoms with van der Waals surface area (Å²) >= 11 is 0. The third-order valence-corrected chi connectivity index (χ3v) is 1.97. The molecule has 0 unspecified atom stereocenters. The lowest BCUT2D eigenvalue weighted by Crippen LogP contribution is -2.49.